The van der Waals surface area contributed by atoms with E-state index in [0.717, 1.165) is 23.5 Å². The van der Waals surface area contributed by atoms with Crippen LogP contribution < -0.4 is 5.56 Å². The van der Waals surface area contributed by atoms with Crippen molar-refractivity contribution in [1.29, 1.82) is 0 Å². The van der Waals surface area contributed by atoms with Crippen LogP contribution in [0.3, 0.4) is 0 Å². The summed E-state index contributed by atoms with van der Waals surface area (Å²) < 4.78 is 23.1. The van der Waals surface area contributed by atoms with Crippen LogP contribution in [0.15, 0.2) is 9.95 Å². The van der Waals surface area contributed by atoms with Crippen molar-refractivity contribution >= 4 is 9.84 Å². The van der Waals surface area contributed by atoms with Gasteiger partial charge in [-0.25, -0.2) is 18.4 Å². The summed E-state index contributed by atoms with van der Waals surface area (Å²) >= 11 is 0. The summed E-state index contributed by atoms with van der Waals surface area (Å²) in [4.78, 5) is 28.4. The summed E-state index contributed by atoms with van der Waals surface area (Å²) in [6.45, 7) is 5.66. The zero-order chi connectivity index (χ0) is 16.8. The van der Waals surface area contributed by atoms with Gasteiger partial charge in [0.2, 0.25) is 15.0 Å². The Morgan fingerprint density at radius 1 is 1.22 bits per heavy atom. The Labute approximate surface area is 133 Å². The molecule has 1 aliphatic heterocycles. The fraction of sp³-hybridized carbons (Fsp3) is 0.500. The van der Waals surface area contributed by atoms with E-state index in [2.05, 4.69) is 24.8 Å². The minimum atomic E-state index is -3.52. The molecule has 2 aromatic rings. The van der Waals surface area contributed by atoms with E-state index >= 15 is 0 Å². The molecule has 0 bridgehead atoms. The first-order valence-electron chi connectivity index (χ1n) is 7.30. The number of aromatic amines is 2. The molecule has 3 heterocycles. The third-order valence-electron chi connectivity index (χ3n) is 4.03. The van der Waals surface area contributed by atoms with Gasteiger partial charge in [-0.3, -0.25) is 14.7 Å². The number of imidazole rings is 1. The van der Waals surface area contributed by atoms with Gasteiger partial charge in [0.05, 0.1) is 23.5 Å². The fourth-order valence-corrected chi connectivity index (χ4v) is 3.23. The number of hydrogen-bond acceptors (Lipinski definition) is 6. The molecule has 23 heavy (non-hydrogen) atoms. The Morgan fingerprint density at radius 3 is 2.57 bits per heavy atom. The van der Waals surface area contributed by atoms with E-state index in [4.69, 9.17) is 0 Å². The molecule has 0 aromatic carbocycles. The molecule has 0 saturated carbocycles. The van der Waals surface area contributed by atoms with Gasteiger partial charge in [0.25, 0.3) is 5.56 Å². The molecule has 0 spiro atoms. The van der Waals surface area contributed by atoms with Gasteiger partial charge in [-0.1, -0.05) is 0 Å². The molecule has 3 rings (SSSR count). The van der Waals surface area contributed by atoms with E-state index in [1.54, 1.807) is 0 Å². The quantitative estimate of drug-likeness (QED) is 0.767. The molecule has 2 N–H and O–H groups in total. The van der Waals surface area contributed by atoms with E-state index in [0.29, 0.717) is 37.3 Å². The zero-order valence-electron chi connectivity index (χ0n) is 13.3. The molecular weight excluding hydrogens is 318 g/mol. The van der Waals surface area contributed by atoms with Gasteiger partial charge < -0.3 is 4.98 Å². The van der Waals surface area contributed by atoms with Crippen molar-refractivity contribution < 1.29 is 8.42 Å². The molecule has 1 aliphatic rings. The Bertz CT molecular complexity index is 893. The van der Waals surface area contributed by atoms with E-state index in [1.807, 2.05) is 13.8 Å². The number of aromatic nitrogens is 4. The Hall–Kier alpha value is -2.00. The van der Waals surface area contributed by atoms with Crippen LogP contribution in [0, 0.1) is 13.8 Å². The largest absolute Gasteiger partial charge is 0.345 e. The van der Waals surface area contributed by atoms with E-state index in [1.165, 1.54) is 0 Å². The van der Waals surface area contributed by atoms with Crippen LogP contribution in [0.1, 0.15) is 28.5 Å². The number of rotatable bonds is 3. The monoisotopic (exact) mass is 337 g/mol. The second-order valence-electron chi connectivity index (χ2n) is 5.92. The standard InChI is InChI=1S/C14H19N5O3S/c1-8-9(2)16-12(15-8)7-19-5-4-11-10(6-19)13(20)18-14(17-11)23(3,21)22/h4-7H2,1-3H3,(H,15,16)(H,17,18,20). The summed E-state index contributed by atoms with van der Waals surface area (Å²) in [6, 6.07) is 0. The summed E-state index contributed by atoms with van der Waals surface area (Å²) in [5.74, 6) is 0.862. The highest BCUT2D eigenvalue weighted by Gasteiger charge is 2.24. The Balaban J connectivity index is 1.85. The van der Waals surface area contributed by atoms with Crippen LogP contribution >= 0.6 is 0 Å². The van der Waals surface area contributed by atoms with Gasteiger partial charge in [-0.2, -0.15) is 0 Å². The number of aryl methyl sites for hydroxylation is 2. The predicted molar refractivity (Wildman–Crippen MR) is 83.8 cm³/mol. The highest BCUT2D eigenvalue weighted by molar-refractivity contribution is 7.90. The smallest absolute Gasteiger partial charge is 0.256 e. The Morgan fingerprint density at radius 2 is 1.96 bits per heavy atom. The van der Waals surface area contributed by atoms with Crippen LogP contribution in [0.2, 0.25) is 0 Å². The van der Waals surface area contributed by atoms with Crippen LogP contribution in [0.5, 0.6) is 0 Å². The summed E-state index contributed by atoms with van der Waals surface area (Å²) in [5.41, 5.74) is 2.72. The predicted octanol–water partition coefficient (Wildman–Crippen LogP) is 0.0716. The van der Waals surface area contributed by atoms with Gasteiger partial charge >= 0.3 is 0 Å². The number of nitrogens with zero attached hydrogens (tertiary/aromatic N) is 3. The van der Waals surface area contributed by atoms with E-state index in [-0.39, 0.29) is 10.7 Å². The van der Waals surface area contributed by atoms with E-state index < -0.39 is 9.84 Å². The SMILES string of the molecule is Cc1nc(CN2CCc3nc(S(C)(=O)=O)[nH]c(=O)c3C2)[nH]c1C. The summed E-state index contributed by atoms with van der Waals surface area (Å²) in [6.07, 6.45) is 1.58. The molecule has 9 heteroatoms. The summed E-state index contributed by atoms with van der Waals surface area (Å²) in [7, 11) is -3.52. The first-order chi connectivity index (χ1) is 10.7. The third kappa shape index (κ3) is 3.20. The van der Waals surface area contributed by atoms with Gasteiger partial charge in [0, 0.05) is 31.5 Å². The highest BCUT2D eigenvalue weighted by Crippen LogP contribution is 2.17. The summed E-state index contributed by atoms with van der Waals surface area (Å²) in [5, 5.41) is -0.257. The second kappa shape index (κ2) is 5.57. The maximum atomic E-state index is 12.2. The van der Waals surface area contributed by atoms with Crippen molar-refractivity contribution in [3.05, 3.63) is 38.8 Å². The fourth-order valence-electron chi connectivity index (χ4n) is 2.68. The van der Waals surface area contributed by atoms with Crippen molar-refractivity contribution in [2.24, 2.45) is 0 Å². The van der Waals surface area contributed by atoms with Crippen molar-refractivity contribution in [3.63, 3.8) is 0 Å². The maximum absolute atomic E-state index is 12.2. The van der Waals surface area contributed by atoms with Crippen LogP contribution in [0.25, 0.3) is 0 Å². The van der Waals surface area contributed by atoms with Crippen molar-refractivity contribution in [1.82, 2.24) is 24.8 Å². The first-order valence-corrected chi connectivity index (χ1v) is 9.20. The molecule has 124 valence electrons. The van der Waals surface area contributed by atoms with Crippen molar-refractivity contribution in [2.45, 2.75) is 38.5 Å². The highest BCUT2D eigenvalue weighted by atomic mass is 32.2. The average Bonchev–Trinajstić information content (AvgIpc) is 2.76. The first kappa shape index (κ1) is 15.9. The number of fused-ring (bicyclic) bond motifs is 1. The average molecular weight is 337 g/mol. The zero-order valence-corrected chi connectivity index (χ0v) is 14.1. The molecule has 2 aromatic heterocycles. The Kier molecular flexibility index (Phi) is 3.85. The molecular formula is C14H19N5O3S. The van der Waals surface area contributed by atoms with Gasteiger partial charge in [0.1, 0.15) is 5.82 Å². The number of sulfone groups is 1. The third-order valence-corrected chi connectivity index (χ3v) is 4.92. The van der Waals surface area contributed by atoms with Crippen molar-refractivity contribution in [2.75, 3.05) is 12.8 Å². The molecule has 0 aliphatic carbocycles. The molecule has 0 radical (unpaired) electrons. The number of nitrogens with one attached hydrogen (secondary N) is 2. The minimum Gasteiger partial charge on any atom is -0.345 e. The normalized spacial score (nSPS) is 15.6. The van der Waals surface area contributed by atoms with Gasteiger partial charge in [-0.15, -0.1) is 0 Å². The molecule has 0 amide bonds. The van der Waals surface area contributed by atoms with Gasteiger partial charge in [-0.05, 0) is 13.8 Å². The topological polar surface area (TPSA) is 112 Å². The molecule has 0 saturated heterocycles. The van der Waals surface area contributed by atoms with Crippen LogP contribution in [-0.4, -0.2) is 46.1 Å². The second-order valence-corrected chi connectivity index (χ2v) is 7.85. The van der Waals surface area contributed by atoms with Crippen LogP contribution in [-0.2, 0) is 29.3 Å². The molecule has 0 fully saturated rings. The number of hydrogen-bond donors (Lipinski definition) is 2. The lowest BCUT2D eigenvalue weighted by molar-refractivity contribution is 0.235. The van der Waals surface area contributed by atoms with E-state index in [9.17, 15) is 13.2 Å². The molecule has 8 nitrogen and oxygen atoms in total. The lowest BCUT2D eigenvalue weighted by Gasteiger charge is -2.26. The minimum absolute atomic E-state index is 0.257. The molecule has 0 unspecified atom stereocenters. The lowest BCUT2D eigenvalue weighted by Crippen LogP contribution is -2.36. The van der Waals surface area contributed by atoms with Gasteiger partial charge in [0.15, 0.2) is 0 Å². The molecule has 0 atom stereocenters. The maximum Gasteiger partial charge on any atom is 0.256 e. The lowest BCUT2D eigenvalue weighted by atomic mass is 10.1. The van der Waals surface area contributed by atoms with Crippen molar-refractivity contribution in [3.8, 4) is 0 Å². The number of H-pyrrole nitrogens is 2. The van der Waals surface area contributed by atoms with Crippen LogP contribution in [0.4, 0.5) is 0 Å².